The minimum atomic E-state index is -1.41. The molecule has 7 heteroatoms. The van der Waals surface area contributed by atoms with Gasteiger partial charge >= 0.3 is 11.9 Å². The minimum Gasteiger partial charge on any atom is -0.461 e. The molecule has 0 aromatic rings. The Morgan fingerprint density at radius 1 is 1.44 bits per heavy atom. The second-order valence-electron chi connectivity index (χ2n) is 7.64. The third-order valence-electron chi connectivity index (χ3n) is 5.90. The number of esters is 2. The van der Waals surface area contributed by atoms with Crippen molar-refractivity contribution >= 4 is 11.9 Å². The summed E-state index contributed by atoms with van der Waals surface area (Å²) in [5.41, 5.74) is -0.360. The Kier molecular flexibility index (Phi) is 6.29. The van der Waals surface area contributed by atoms with Crippen molar-refractivity contribution in [3.63, 3.8) is 0 Å². The van der Waals surface area contributed by atoms with Crippen molar-refractivity contribution in [2.45, 2.75) is 38.6 Å². The average molecular weight is 380 g/mol. The van der Waals surface area contributed by atoms with Crippen LogP contribution in [0.15, 0.2) is 37.0 Å². The second-order valence-corrected chi connectivity index (χ2v) is 7.64. The highest BCUT2D eigenvalue weighted by Crippen LogP contribution is 2.54. The van der Waals surface area contributed by atoms with Gasteiger partial charge in [-0.05, 0) is 17.4 Å². The standard InChI is InChI=1S/C20H28O7/c1-6-20(5)7-14(26-18(24)11(3)13(23)9-22)15-12(4)19(25)27-17(15)16(20)10(2)8-21/h6,12-17,21-23H,1-3,7-9H2,4-5H3/t12-,13-,14-,15+,16+,17-,20+/m0/s1. The summed E-state index contributed by atoms with van der Waals surface area (Å²) < 4.78 is 11.2. The number of aliphatic hydroxyl groups excluding tert-OH is 3. The number of ether oxygens (including phenoxy) is 2. The van der Waals surface area contributed by atoms with E-state index in [0.29, 0.717) is 12.0 Å². The molecule has 1 saturated heterocycles. The van der Waals surface area contributed by atoms with Crippen LogP contribution in [0.1, 0.15) is 20.3 Å². The van der Waals surface area contributed by atoms with Gasteiger partial charge in [0.15, 0.2) is 0 Å². The zero-order valence-corrected chi connectivity index (χ0v) is 15.8. The van der Waals surface area contributed by atoms with E-state index in [1.807, 2.05) is 6.92 Å². The second kappa shape index (κ2) is 7.96. The summed E-state index contributed by atoms with van der Waals surface area (Å²) >= 11 is 0. The van der Waals surface area contributed by atoms with Crippen LogP contribution in [0.4, 0.5) is 0 Å². The van der Waals surface area contributed by atoms with E-state index in [2.05, 4.69) is 19.7 Å². The predicted octanol–water partition coefficient (Wildman–Crippen LogP) is 0.746. The van der Waals surface area contributed by atoms with Crippen molar-refractivity contribution in [3.8, 4) is 0 Å². The Hall–Kier alpha value is -1.96. The third kappa shape index (κ3) is 3.72. The normalized spacial score (nSPS) is 36.3. The molecule has 0 radical (unpaired) electrons. The van der Waals surface area contributed by atoms with Gasteiger partial charge in [0.2, 0.25) is 0 Å². The van der Waals surface area contributed by atoms with Crippen LogP contribution in [-0.2, 0) is 19.1 Å². The van der Waals surface area contributed by atoms with Gasteiger partial charge in [-0.1, -0.05) is 33.1 Å². The maximum Gasteiger partial charge on any atom is 0.336 e. The molecule has 1 aliphatic heterocycles. The average Bonchev–Trinajstić information content (AvgIpc) is 2.94. The van der Waals surface area contributed by atoms with E-state index in [4.69, 9.17) is 14.6 Å². The van der Waals surface area contributed by atoms with E-state index in [0.717, 1.165) is 0 Å². The first-order valence-corrected chi connectivity index (χ1v) is 8.92. The molecule has 7 nitrogen and oxygen atoms in total. The number of allylic oxidation sites excluding steroid dienone is 1. The van der Waals surface area contributed by atoms with Gasteiger partial charge in [-0.2, -0.15) is 0 Å². The molecule has 7 atom stereocenters. The van der Waals surface area contributed by atoms with E-state index >= 15 is 0 Å². The van der Waals surface area contributed by atoms with E-state index in [1.165, 1.54) is 0 Å². The topological polar surface area (TPSA) is 113 Å². The van der Waals surface area contributed by atoms with Crippen LogP contribution >= 0.6 is 0 Å². The van der Waals surface area contributed by atoms with Gasteiger partial charge in [-0.3, -0.25) is 4.79 Å². The van der Waals surface area contributed by atoms with Crippen LogP contribution in [0.2, 0.25) is 0 Å². The van der Waals surface area contributed by atoms with Crippen molar-refractivity contribution in [1.82, 2.24) is 0 Å². The first kappa shape index (κ1) is 21.3. The fraction of sp³-hybridized carbons (Fsp3) is 0.600. The summed E-state index contributed by atoms with van der Waals surface area (Å²) in [7, 11) is 0. The van der Waals surface area contributed by atoms with Gasteiger partial charge in [0.25, 0.3) is 0 Å². The number of hydrogen-bond acceptors (Lipinski definition) is 7. The fourth-order valence-corrected chi connectivity index (χ4v) is 4.24. The maximum absolute atomic E-state index is 12.4. The van der Waals surface area contributed by atoms with Crippen LogP contribution in [-0.4, -0.2) is 58.8 Å². The molecule has 0 unspecified atom stereocenters. The van der Waals surface area contributed by atoms with Crippen molar-refractivity contribution in [1.29, 1.82) is 0 Å². The molecule has 0 bridgehead atoms. The lowest BCUT2D eigenvalue weighted by atomic mass is 9.58. The van der Waals surface area contributed by atoms with Crippen LogP contribution in [0.25, 0.3) is 0 Å². The predicted molar refractivity (Wildman–Crippen MR) is 97.3 cm³/mol. The zero-order valence-electron chi connectivity index (χ0n) is 15.8. The molecule has 0 aromatic carbocycles. The highest BCUT2D eigenvalue weighted by Gasteiger charge is 2.59. The molecular weight excluding hydrogens is 352 g/mol. The van der Waals surface area contributed by atoms with Crippen molar-refractivity contribution < 1.29 is 34.4 Å². The van der Waals surface area contributed by atoms with Crippen molar-refractivity contribution in [2.75, 3.05) is 13.2 Å². The Morgan fingerprint density at radius 2 is 2.07 bits per heavy atom. The monoisotopic (exact) mass is 380 g/mol. The van der Waals surface area contributed by atoms with Gasteiger partial charge in [0.1, 0.15) is 18.3 Å². The SMILES string of the molecule is C=C[C@]1(C)C[C@H](OC(=O)C(=C)[C@@H](O)CO)[C@@H]2[C@H](OC(=O)[C@H]2C)[C@H]1C(=C)CO. The summed E-state index contributed by atoms with van der Waals surface area (Å²) in [6.07, 6.45) is -0.668. The van der Waals surface area contributed by atoms with Gasteiger partial charge in [-0.25, -0.2) is 4.79 Å². The molecule has 0 spiro atoms. The van der Waals surface area contributed by atoms with Crippen LogP contribution in [0, 0.1) is 23.2 Å². The van der Waals surface area contributed by atoms with Gasteiger partial charge < -0.3 is 24.8 Å². The van der Waals surface area contributed by atoms with Crippen LogP contribution in [0.5, 0.6) is 0 Å². The molecule has 2 fully saturated rings. The highest BCUT2D eigenvalue weighted by atomic mass is 16.6. The Labute approximate surface area is 159 Å². The van der Waals surface area contributed by atoms with Gasteiger partial charge in [-0.15, -0.1) is 6.58 Å². The number of carbonyl (C=O) groups excluding carboxylic acids is 2. The number of hydrogen-bond donors (Lipinski definition) is 3. The number of carbonyl (C=O) groups is 2. The Morgan fingerprint density at radius 3 is 2.59 bits per heavy atom. The highest BCUT2D eigenvalue weighted by molar-refractivity contribution is 5.89. The van der Waals surface area contributed by atoms with Gasteiger partial charge in [0.05, 0.1) is 24.7 Å². The molecular formula is C20H28O7. The third-order valence-corrected chi connectivity index (χ3v) is 5.90. The van der Waals surface area contributed by atoms with Gasteiger partial charge in [0, 0.05) is 11.8 Å². The Bertz CT molecular complexity index is 655. The minimum absolute atomic E-state index is 0.255. The molecule has 1 aliphatic carbocycles. The molecule has 2 aliphatic rings. The first-order chi connectivity index (χ1) is 12.6. The van der Waals surface area contributed by atoms with Crippen LogP contribution < -0.4 is 0 Å². The molecule has 2 rings (SSSR count). The summed E-state index contributed by atoms with van der Waals surface area (Å²) in [6.45, 7) is 14.0. The zero-order chi connectivity index (χ0) is 20.5. The lowest BCUT2D eigenvalue weighted by Gasteiger charge is -2.49. The molecule has 150 valence electrons. The smallest absolute Gasteiger partial charge is 0.336 e. The largest absolute Gasteiger partial charge is 0.461 e. The molecule has 1 heterocycles. The lowest BCUT2D eigenvalue weighted by molar-refractivity contribution is -0.161. The van der Waals surface area contributed by atoms with E-state index < -0.39 is 54.1 Å². The molecule has 1 saturated carbocycles. The number of aliphatic hydroxyl groups is 3. The molecule has 0 aromatic heterocycles. The summed E-state index contributed by atoms with van der Waals surface area (Å²) in [4.78, 5) is 24.6. The number of rotatable bonds is 7. The molecule has 0 amide bonds. The molecule has 3 N–H and O–H groups in total. The van der Waals surface area contributed by atoms with Crippen molar-refractivity contribution in [2.24, 2.45) is 23.2 Å². The lowest BCUT2D eigenvalue weighted by Crippen LogP contribution is -2.53. The quantitative estimate of drug-likeness (QED) is 0.339. The van der Waals surface area contributed by atoms with E-state index in [1.54, 1.807) is 13.0 Å². The van der Waals surface area contributed by atoms with Crippen LogP contribution in [0.3, 0.4) is 0 Å². The number of fused-ring (bicyclic) bond motifs is 1. The fourth-order valence-electron chi connectivity index (χ4n) is 4.24. The summed E-state index contributed by atoms with van der Waals surface area (Å²) in [6, 6.07) is 0. The van der Waals surface area contributed by atoms with E-state index in [-0.39, 0.29) is 18.1 Å². The Balaban J connectivity index is 2.37. The molecule has 27 heavy (non-hydrogen) atoms. The summed E-state index contributed by atoms with van der Waals surface area (Å²) in [5.74, 6) is -2.53. The summed E-state index contributed by atoms with van der Waals surface area (Å²) in [5, 5.41) is 28.2. The van der Waals surface area contributed by atoms with E-state index in [9.17, 15) is 19.8 Å². The van der Waals surface area contributed by atoms with Crippen molar-refractivity contribution in [3.05, 3.63) is 37.0 Å². The maximum atomic E-state index is 12.4. The first-order valence-electron chi connectivity index (χ1n) is 8.92.